The molecule has 0 radical (unpaired) electrons. The van der Waals surface area contributed by atoms with Crippen molar-refractivity contribution < 1.29 is 17.9 Å². The average molecular weight is 317 g/mol. The number of aryl methyl sites for hydroxylation is 2. The van der Waals surface area contributed by atoms with Crippen molar-refractivity contribution in [3.8, 4) is 0 Å². The summed E-state index contributed by atoms with van der Waals surface area (Å²) < 4.78 is 41.2. The van der Waals surface area contributed by atoms with Gasteiger partial charge in [-0.25, -0.2) is 17.5 Å². The molecule has 2 N–H and O–H groups in total. The fraction of sp³-hybridized carbons (Fsp3) is 0.600. The van der Waals surface area contributed by atoms with Gasteiger partial charge in [0.25, 0.3) is 0 Å². The Morgan fingerprint density at radius 1 is 1.24 bits per heavy atom. The summed E-state index contributed by atoms with van der Waals surface area (Å²) in [4.78, 5) is 0.107. The van der Waals surface area contributed by atoms with Crippen LogP contribution in [0.4, 0.5) is 4.39 Å². The first-order valence-electron chi connectivity index (χ1n) is 6.89. The lowest BCUT2D eigenvalue weighted by Gasteiger charge is -2.31. The summed E-state index contributed by atoms with van der Waals surface area (Å²) >= 11 is 0. The highest BCUT2D eigenvalue weighted by molar-refractivity contribution is 7.89. The Kier molecular flexibility index (Phi) is 5.52. The quantitative estimate of drug-likeness (QED) is 0.877. The molecule has 6 heteroatoms. The molecular formula is C15H24FNO3S. The van der Waals surface area contributed by atoms with Gasteiger partial charge < -0.3 is 5.11 Å². The Labute approximate surface area is 126 Å². The fourth-order valence-electron chi connectivity index (χ4n) is 2.37. The first-order valence-corrected chi connectivity index (χ1v) is 8.37. The topological polar surface area (TPSA) is 66.4 Å². The van der Waals surface area contributed by atoms with Gasteiger partial charge in [0.15, 0.2) is 0 Å². The molecule has 1 unspecified atom stereocenters. The molecule has 1 rings (SSSR count). The van der Waals surface area contributed by atoms with Crippen LogP contribution >= 0.6 is 0 Å². The van der Waals surface area contributed by atoms with Crippen molar-refractivity contribution in [3.05, 3.63) is 29.1 Å². The van der Waals surface area contributed by atoms with Gasteiger partial charge in [0, 0.05) is 12.6 Å². The molecule has 0 spiro atoms. The van der Waals surface area contributed by atoms with Gasteiger partial charge >= 0.3 is 0 Å². The molecule has 0 saturated heterocycles. The van der Waals surface area contributed by atoms with Crippen molar-refractivity contribution >= 4 is 10.0 Å². The molecule has 0 aromatic heterocycles. The lowest BCUT2D eigenvalue weighted by Crippen LogP contribution is -2.44. The minimum Gasteiger partial charge on any atom is -0.396 e. The molecule has 1 aromatic carbocycles. The van der Waals surface area contributed by atoms with Crippen molar-refractivity contribution in [3.63, 3.8) is 0 Å². The van der Waals surface area contributed by atoms with Crippen LogP contribution in [0.2, 0.25) is 0 Å². The third-order valence-corrected chi connectivity index (χ3v) is 5.23. The fourth-order valence-corrected chi connectivity index (χ4v) is 4.29. The molecule has 0 aliphatic rings. The van der Waals surface area contributed by atoms with Crippen LogP contribution < -0.4 is 4.72 Å². The molecule has 0 fully saturated rings. The van der Waals surface area contributed by atoms with Crippen LogP contribution in [-0.2, 0) is 10.0 Å². The van der Waals surface area contributed by atoms with Gasteiger partial charge in [0.2, 0.25) is 10.0 Å². The summed E-state index contributed by atoms with van der Waals surface area (Å²) in [6.45, 7) is 8.75. The van der Waals surface area contributed by atoms with E-state index in [4.69, 9.17) is 5.11 Å². The summed E-state index contributed by atoms with van der Waals surface area (Å²) in [5.74, 6) is -0.452. The van der Waals surface area contributed by atoms with E-state index in [1.54, 1.807) is 13.8 Å². The van der Waals surface area contributed by atoms with Crippen molar-refractivity contribution in [1.82, 2.24) is 4.72 Å². The Morgan fingerprint density at radius 2 is 1.71 bits per heavy atom. The van der Waals surface area contributed by atoms with Crippen molar-refractivity contribution in [2.45, 2.75) is 52.0 Å². The maximum absolute atomic E-state index is 13.3. The highest BCUT2D eigenvalue weighted by Gasteiger charge is 2.30. The zero-order valence-electron chi connectivity index (χ0n) is 13.2. The van der Waals surface area contributed by atoms with Gasteiger partial charge in [-0.15, -0.1) is 0 Å². The van der Waals surface area contributed by atoms with Gasteiger partial charge in [-0.05, 0) is 48.9 Å². The van der Waals surface area contributed by atoms with E-state index < -0.39 is 21.9 Å². The molecule has 0 saturated carbocycles. The number of benzene rings is 1. The SMILES string of the molecule is Cc1cc(F)cc(C)c1S(=O)(=O)NC(CCO)C(C)(C)C. The molecule has 1 atom stereocenters. The van der Waals surface area contributed by atoms with E-state index >= 15 is 0 Å². The largest absolute Gasteiger partial charge is 0.396 e. The summed E-state index contributed by atoms with van der Waals surface area (Å²) in [5.41, 5.74) is 0.408. The summed E-state index contributed by atoms with van der Waals surface area (Å²) in [6, 6.07) is 2.01. The normalized spacial score (nSPS) is 14.2. The number of aliphatic hydroxyl groups is 1. The van der Waals surface area contributed by atoms with Gasteiger partial charge in [0.1, 0.15) is 5.82 Å². The van der Waals surface area contributed by atoms with Crippen molar-refractivity contribution in [2.75, 3.05) is 6.61 Å². The van der Waals surface area contributed by atoms with E-state index in [1.807, 2.05) is 20.8 Å². The Balaban J connectivity index is 3.23. The average Bonchev–Trinajstić information content (AvgIpc) is 2.24. The summed E-state index contributed by atoms with van der Waals surface area (Å²) in [7, 11) is -3.77. The maximum Gasteiger partial charge on any atom is 0.241 e. The Bertz CT molecular complexity index is 583. The summed E-state index contributed by atoms with van der Waals surface area (Å²) in [6.07, 6.45) is 0.321. The lowest BCUT2D eigenvalue weighted by molar-refractivity contribution is 0.214. The minimum absolute atomic E-state index is 0.105. The molecule has 0 aliphatic heterocycles. The minimum atomic E-state index is -3.77. The van der Waals surface area contributed by atoms with Crippen LogP contribution in [0, 0.1) is 25.1 Å². The van der Waals surface area contributed by atoms with E-state index in [0.29, 0.717) is 17.5 Å². The first kappa shape index (κ1) is 18.1. The van der Waals surface area contributed by atoms with E-state index in [0.717, 1.165) is 0 Å². The molecule has 0 heterocycles. The van der Waals surface area contributed by atoms with Crippen LogP contribution in [0.1, 0.15) is 38.3 Å². The highest BCUT2D eigenvalue weighted by atomic mass is 32.2. The number of hydrogen-bond acceptors (Lipinski definition) is 3. The van der Waals surface area contributed by atoms with Crippen LogP contribution in [0.3, 0.4) is 0 Å². The van der Waals surface area contributed by atoms with Crippen LogP contribution in [0.25, 0.3) is 0 Å². The van der Waals surface area contributed by atoms with Crippen LogP contribution in [-0.4, -0.2) is 26.2 Å². The van der Waals surface area contributed by atoms with Gasteiger partial charge in [-0.1, -0.05) is 20.8 Å². The van der Waals surface area contributed by atoms with E-state index in [9.17, 15) is 12.8 Å². The third kappa shape index (κ3) is 4.49. The van der Waals surface area contributed by atoms with Gasteiger partial charge in [-0.3, -0.25) is 0 Å². The number of halogens is 1. The molecule has 0 bridgehead atoms. The van der Waals surface area contributed by atoms with E-state index in [2.05, 4.69) is 4.72 Å². The Hall–Kier alpha value is -0.980. The Morgan fingerprint density at radius 3 is 2.10 bits per heavy atom. The maximum atomic E-state index is 13.3. The molecule has 120 valence electrons. The zero-order valence-corrected chi connectivity index (χ0v) is 14.0. The zero-order chi connectivity index (χ0) is 16.4. The number of rotatable bonds is 5. The second-order valence-electron chi connectivity index (χ2n) is 6.42. The van der Waals surface area contributed by atoms with Crippen LogP contribution in [0.15, 0.2) is 17.0 Å². The predicted octanol–water partition coefficient (Wildman–Crippen LogP) is 2.52. The van der Waals surface area contributed by atoms with Gasteiger partial charge in [-0.2, -0.15) is 0 Å². The summed E-state index contributed by atoms with van der Waals surface area (Å²) in [5, 5.41) is 9.13. The first-order chi connectivity index (χ1) is 9.49. The molecule has 0 aliphatic carbocycles. The van der Waals surface area contributed by atoms with E-state index in [1.165, 1.54) is 12.1 Å². The lowest BCUT2D eigenvalue weighted by atomic mass is 9.86. The van der Waals surface area contributed by atoms with E-state index in [-0.39, 0.29) is 16.9 Å². The molecule has 1 aromatic rings. The number of aliphatic hydroxyl groups excluding tert-OH is 1. The molecule has 4 nitrogen and oxygen atoms in total. The smallest absolute Gasteiger partial charge is 0.241 e. The number of sulfonamides is 1. The van der Waals surface area contributed by atoms with Crippen LogP contribution in [0.5, 0.6) is 0 Å². The second kappa shape index (κ2) is 6.42. The molecular weight excluding hydrogens is 293 g/mol. The highest BCUT2D eigenvalue weighted by Crippen LogP contribution is 2.26. The molecule has 21 heavy (non-hydrogen) atoms. The number of nitrogens with one attached hydrogen (secondary N) is 1. The second-order valence-corrected chi connectivity index (χ2v) is 8.07. The third-order valence-electron chi connectivity index (χ3n) is 3.45. The van der Waals surface area contributed by atoms with Crippen molar-refractivity contribution in [1.29, 1.82) is 0 Å². The standard InChI is InChI=1S/C15H24FNO3S/c1-10-8-12(16)9-11(2)14(10)21(19,20)17-13(6-7-18)15(3,4)5/h8-9,13,17-18H,6-7H2,1-5H3. The molecule has 0 amide bonds. The van der Waals surface area contributed by atoms with Gasteiger partial charge in [0.05, 0.1) is 4.90 Å². The van der Waals surface area contributed by atoms with Crippen molar-refractivity contribution in [2.24, 2.45) is 5.41 Å². The number of hydrogen-bond donors (Lipinski definition) is 2. The monoisotopic (exact) mass is 317 g/mol. The predicted molar refractivity (Wildman–Crippen MR) is 81.1 cm³/mol.